The standard InChI is InChI=1S/C10H12O/c11-7-9-5-1-3-8-4-2-6-10(8)9/h4,7H,1-3,5-6H2. The molecule has 0 heterocycles. The molecule has 0 aromatic rings. The maximum atomic E-state index is 10.6. The molecule has 2 aliphatic rings. The van der Waals surface area contributed by atoms with Gasteiger partial charge in [0.1, 0.15) is 6.29 Å². The molecule has 0 atom stereocenters. The Morgan fingerprint density at radius 3 is 3.00 bits per heavy atom. The maximum absolute atomic E-state index is 10.6. The molecule has 1 nitrogen and oxygen atoms in total. The van der Waals surface area contributed by atoms with Gasteiger partial charge in [0.15, 0.2) is 0 Å². The average Bonchev–Trinajstić information content (AvgIpc) is 2.50. The molecular weight excluding hydrogens is 136 g/mol. The van der Waals surface area contributed by atoms with Crippen LogP contribution in [-0.4, -0.2) is 6.29 Å². The van der Waals surface area contributed by atoms with Crippen LogP contribution in [0.3, 0.4) is 0 Å². The van der Waals surface area contributed by atoms with Gasteiger partial charge in [0.2, 0.25) is 0 Å². The summed E-state index contributed by atoms with van der Waals surface area (Å²) in [5.74, 6) is 0. The highest BCUT2D eigenvalue weighted by Gasteiger charge is 2.19. The number of fused-ring (bicyclic) bond motifs is 1. The summed E-state index contributed by atoms with van der Waals surface area (Å²) in [6.45, 7) is 0. The summed E-state index contributed by atoms with van der Waals surface area (Å²) >= 11 is 0. The van der Waals surface area contributed by atoms with Crippen molar-refractivity contribution >= 4 is 6.29 Å². The molecule has 0 N–H and O–H groups in total. The molecule has 0 fully saturated rings. The summed E-state index contributed by atoms with van der Waals surface area (Å²) in [5.41, 5.74) is 3.89. The molecule has 2 rings (SSSR count). The SMILES string of the molecule is O=CC1=C2CCC=C2CCC1. The summed E-state index contributed by atoms with van der Waals surface area (Å²) in [7, 11) is 0. The molecule has 11 heavy (non-hydrogen) atoms. The molecule has 0 amide bonds. The van der Waals surface area contributed by atoms with Gasteiger partial charge in [-0.25, -0.2) is 0 Å². The summed E-state index contributed by atoms with van der Waals surface area (Å²) in [4.78, 5) is 10.6. The van der Waals surface area contributed by atoms with E-state index in [0.29, 0.717) is 0 Å². The molecule has 0 saturated heterocycles. The third kappa shape index (κ3) is 1.05. The summed E-state index contributed by atoms with van der Waals surface area (Å²) < 4.78 is 0. The molecule has 0 saturated carbocycles. The molecule has 0 bridgehead atoms. The van der Waals surface area contributed by atoms with E-state index >= 15 is 0 Å². The predicted molar refractivity (Wildman–Crippen MR) is 44.3 cm³/mol. The van der Waals surface area contributed by atoms with E-state index in [-0.39, 0.29) is 0 Å². The van der Waals surface area contributed by atoms with Crippen molar-refractivity contribution in [2.24, 2.45) is 0 Å². The molecule has 0 radical (unpaired) electrons. The first-order valence-electron chi connectivity index (χ1n) is 4.28. The highest BCUT2D eigenvalue weighted by molar-refractivity contribution is 5.77. The first-order chi connectivity index (χ1) is 5.42. The van der Waals surface area contributed by atoms with Crippen molar-refractivity contribution in [2.75, 3.05) is 0 Å². The van der Waals surface area contributed by atoms with Crippen LogP contribution in [0.2, 0.25) is 0 Å². The molecule has 0 unspecified atom stereocenters. The topological polar surface area (TPSA) is 17.1 Å². The van der Waals surface area contributed by atoms with Gasteiger partial charge >= 0.3 is 0 Å². The third-order valence-corrected chi connectivity index (χ3v) is 2.59. The Morgan fingerprint density at radius 1 is 1.27 bits per heavy atom. The van der Waals surface area contributed by atoms with Crippen LogP contribution in [0.1, 0.15) is 32.1 Å². The van der Waals surface area contributed by atoms with E-state index in [1.54, 1.807) is 0 Å². The van der Waals surface area contributed by atoms with Crippen LogP contribution in [0.4, 0.5) is 0 Å². The number of carbonyl (C=O) groups excluding carboxylic acids is 1. The third-order valence-electron chi connectivity index (χ3n) is 2.59. The van der Waals surface area contributed by atoms with E-state index in [0.717, 1.165) is 31.1 Å². The minimum Gasteiger partial charge on any atom is -0.298 e. The lowest BCUT2D eigenvalue weighted by Crippen LogP contribution is -2.00. The number of aldehydes is 1. The monoisotopic (exact) mass is 148 g/mol. The van der Waals surface area contributed by atoms with Crippen molar-refractivity contribution in [3.05, 3.63) is 22.8 Å². The minimum atomic E-state index is 1.01. The van der Waals surface area contributed by atoms with Crippen LogP contribution in [-0.2, 0) is 4.79 Å². The van der Waals surface area contributed by atoms with Gasteiger partial charge < -0.3 is 0 Å². The largest absolute Gasteiger partial charge is 0.298 e. The fourth-order valence-electron chi connectivity index (χ4n) is 2.04. The van der Waals surface area contributed by atoms with E-state index in [4.69, 9.17) is 0 Å². The number of carbonyl (C=O) groups is 1. The van der Waals surface area contributed by atoms with Crippen LogP contribution in [0.25, 0.3) is 0 Å². The van der Waals surface area contributed by atoms with Gasteiger partial charge in [-0.1, -0.05) is 6.08 Å². The maximum Gasteiger partial charge on any atom is 0.146 e. The zero-order valence-corrected chi connectivity index (χ0v) is 6.60. The van der Waals surface area contributed by atoms with Crippen molar-refractivity contribution in [3.8, 4) is 0 Å². The average molecular weight is 148 g/mol. The molecule has 2 aliphatic carbocycles. The van der Waals surface area contributed by atoms with Gasteiger partial charge in [0, 0.05) is 0 Å². The van der Waals surface area contributed by atoms with E-state index in [2.05, 4.69) is 6.08 Å². The van der Waals surface area contributed by atoms with Crippen LogP contribution in [0.5, 0.6) is 0 Å². The number of hydrogen-bond donors (Lipinski definition) is 0. The van der Waals surface area contributed by atoms with E-state index in [9.17, 15) is 4.79 Å². The number of rotatable bonds is 1. The van der Waals surface area contributed by atoms with Gasteiger partial charge in [0.25, 0.3) is 0 Å². The molecule has 1 heteroatoms. The molecule has 58 valence electrons. The lowest BCUT2D eigenvalue weighted by Gasteiger charge is -2.15. The quantitative estimate of drug-likeness (QED) is 0.522. The summed E-state index contributed by atoms with van der Waals surface area (Å²) in [5, 5.41) is 0. The lowest BCUT2D eigenvalue weighted by atomic mass is 9.90. The zero-order chi connectivity index (χ0) is 7.68. The van der Waals surface area contributed by atoms with Crippen LogP contribution < -0.4 is 0 Å². The van der Waals surface area contributed by atoms with Crippen molar-refractivity contribution in [1.82, 2.24) is 0 Å². The second kappa shape index (κ2) is 2.65. The van der Waals surface area contributed by atoms with Crippen LogP contribution in [0.15, 0.2) is 22.8 Å². The Hall–Kier alpha value is -0.850. The molecule has 0 aromatic carbocycles. The fourth-order valence-corrected chi connectivity index (χ4v) is 2.04. The normalized spacial score (nSPS) is 23.1. The van der Waals surface area contributed by atoms with E-state index < -0.39 is 0 Å². The smallest absolute Gasteiger partial charge is 0.146 e. The Bertz CT molecular complexity index is 246. The predicted octanol–water partition coefficient (Wildman–Crippen LogP) is 2.39. The van der Waals surface area contributed by atoms with Crippen molar-refractivity contribution in [1.29, 1.82) is 0 Å². The van der Waals surface area contributed by atoms with Crippen molar-refractivity contribution < 1.29 is 4.79 Å². The van der Waals surface area contributed by atoms with Gasteiger partial charge in [-0.2, -0.15) is 0 Å². The van der Waals surface area contributed by atoms with Gasteiger partial charge in [0.05, 0.1) is 0 Å². The summed E-state index contributed by atoms with van der Waals surface area (Å²) in [6, 6.07) is 0. The van der Waals surface area contributed by atoms with E-state index in [1.165, 1.54) is 24.0 Å². The first kappa shape index (κ1) is 6.84. The number of hydrogen-bond acceptors (Lipinski definition) is 1. The van der Waals surface area contributed by atoms with E-state index in [1.807, 2.05) is 0 Å². The Balaban J connectivity index is 2.40. The fraction of sp³-hybridized carbons (Fsp3) is 0.500. The Labute approximate surface area is 66.8 Å². The van der Waals surface area contributed by atoms with Crippen LogP contribution >= 0.6 is 0 Å². The first-order valence-corrected chi connectivity index (χ1v) is 4.28. The number of allylic oxidation sites excluding steroid dienone is 4. The second-order valence-electron chi connectivity index (χ2n) is 3.24. The molecular formula is C10H12O. The molecule has 0 aliphatic heterocycles. The van der Waals surface area contributed by atoms with Gasteiger partial charge in [-0.3, -0.25) is 4.79 Å². The Morgan fingerprint density at radius 2 is 2.18 bits per heavy atom. The summed E-state index contributed by atoms with van der Waals surface area (Å²) in [6.07, 6.45) is 8.99. The van der Waals surface area contributed by atoms with Gasteiger partial charge in [-0.15, -0.1) is 0 Å². The van der Waals surface area contributed by atoms with Crippen molar-refractivity contribution in [2.45, 2.75) is 32.1 Å². The highest BCUT2D eigenvalue weighted by atomic mass is 16.1. The van der Waals surface area contributed by atoms with Crippen LogP contribution in [0, 0.1) is 0 Å². The van der Waals surface area contributed by atoms with Crippen molar-refractivity contribution in [3.63, 3.8) is 0 Å². The second-order valence-corrected chi connectivity index (χ2v) is 3.24. The van der Waals surface area contributed by atoms with Gasteiger partial charge in [-0.05, 0) is 48.8 Å². The zero-order valence-electron chi connectivity index (χ0n) is 6.60. The Kier molecular flexibility index (Phi) is 1.65. The highest BCUT2D eigenvalue weighted by Crippen LogP contribution is 2.36. The molecule has 0 spiro atoms. The lowest BCUT2D eigenvalue weighted by molar-refractivity contribution is -0.105. The minimum absolute atomic E-state index is 1.01. The molecule has 0 aromatic heterocycles.